The van der Waals surface area contributed by atoms with Gasteiger partial charge in [0, 0.05) is 16.6 Å². The Labute approximate surface area is 163 Å². The Morgan fingerprint density at radius 1 is 1.23 bits per heavy atom. The summed E-state index contributed by atoms with van der Waals surface area (Å²) in [7, 11) is -3.74. The van der Waals surface area contributed by atoms with Crippen molar-refractivity contribution in [2.45, 2.75) is 57.5 Å². The molecule has 0 heterocycles. The molecule has 1 aromatic rings. The lowest BCUT2D eigenvalue weighted by atomic mass is 10.2. The van der Waals surface area contributed by atoms with Crippen LogP contribution in [0.1, 0.15) is 50.9 Å². The fraction of sp³-hybridized carbons (Fsp3) is 0.529. The van der Waals surface area contributed by atoms with Crippen molar-refractivity contribution < 1.29 is 22.7 Å². The van der Waals surface area contributed by atoms with Gasteiger partial charge in [-0.2, -0.15) is 0 Å². The molecule has 1 amide bonds. The maximum Gasteiger partial charge on any atom is 0.339 e. The lowest BCUT2D eigenvalue weighted by Gasteiger charge is -2.13. The number of ether oxygens (including phenoxy) is 1. The molecule has 0 aliphatic carbocycles. The minimum absolute atomic E-state index is 0.00600. The Morgan fingerprint density at radius 2 is 1.88 bits per heavy atom. The van der Waals surface area contributed by atoms with Crippen molar-refractivity contribution in [1.29, 1.82) is 0 Å². The fourth-order valence-corrected chi connectivity index (χ4v) is 3.92. The molecule has 0 bridgehead atoms. The van der Waals surface area contributed by atoms with Crippen molar-refractivity contribution in [3.05, 3.63) is 28.2 Å². The Kier molecular flexibility index (Phi) is 8.72. The van der Waals surface area contributed by atoms with Gasteiger partial charge in [0.15, 0.2) is 6.61 Å². The van der Waals surface area contributed by atoms with Gasteiger partial charge in [-0.05, 0) is 61.3 Å². The molecule has 0 aliphatic rings. The molecule has 146 valence electrons. The molecule has 0 fully saturated rings. The van der Waals surface area contributed by atoms with Crippen LogP contribution in [0.4, 0.5) is 0 Å². The highest BCUT2D eigenvalue weighted by molar-refractivity contribution is 9.10. The van der Waals surface area contributed by atoms with Gasteiger partial charge in [-0.3, -0.25) is 4.79 Å². The van der Waals surface area contributed by atoms with Crippen molar-refractivity contribution in [3.63, 3.8) is 0 Å². The number of halogens is 1. The highest BCUT2D eigenvalue weighted by Gasteiger charge is 2.20. The molecule has 0 saturated heterocycles. The highest BCUT2D eigenvalue weighted by atomic mass is 79.9. The number of carbonyl (C=O) groups excluding carboxylic acids is 2. The molecule has 0 radical (unpaired) electrons. The third kappa shape index (κ3) is 7.05. The summed E-state index contributed by atoms with van der Waals surface area (Å²) >= 11 is 3.20. The lowest BCUT2D eigenvalue weighted by molar-refractivity contribution is -0.124. The summed E-state index contributed by atoms with van der Waals surface area (Å²) < 4.78 is 32.3. The standard InChI is InChI=1S/C17H25BrN2O5S/c1-5-6-12(4)19-16(21)10-25-17(22)14-9-13(7-8-15(14)18)26(23,24)20-11(2)3/h7-9,11-12,20H,5-6,10H2,1-4H3,(H,19,21)/t12-/m0/s1. The molecule has 2 N–H and O–H groups in total. The van der Waals surface area contributed by atoms with Crippen molar-refractivity contribution in [3.8, 4) is 0 Å². The van der Waals surface area contributed by atoms with Gasteiger partial charge in [0.2, 0.25) is 10.0 Å². The average molecular weight is 449 g/mol. The van der Waals surface area contributed by atoms with Gasteiger partial charge >= 0.3 is 5.97 Å². The fourth-order valence-electron chi connectivity index (χ4n) is 2.24. The molecule has 26 heavy (non-hydrogen) atoms. The van der Waals surface area contributed by atoms with E-state index in [0.717, 1.165) is 12.8 Å². The van der Waals surface area contributed by atoms with Gasteiger partial charge in [-0.25, -0.2) is 17.9 Å². The minimum atomic E-state index is -3.74. The van der Waals surface area contributed by atoms with Crippen LogP contribution in [-0.2, 0) is 19.6 Å². The molecule has 9 heteroatoms. The Bertz CT molecular complexity index is 750. The molecule has 1 aromatic carbocycles. The minimum Gasteiger partial charge on any atom is -0.452 e. The summed E-state index contributed by atoms with van der Waals surface area (Å²) in [6.45, 7) is 6.85. The molecule has 0 aliphatic heterocycles. The van der Waals surface area contributed by atoms with Crippen LogP contribution >= 0.6 is 15.9 Å². The van der Waals surface area contributed by atoms with Gasteiger partial charge in [0.1, 0.15) is 0 Å². The van der Waals surface area contributed by atoms with E-state index in [-0.39, 0.29) is 22.5 Å². The monoisotopic (exact) mass is 448 g/mol. The van der Waals surface area contributed by atoms with E-state index >= 15 is 0 Å². The second kappa shape index (κ2) is 10.0. The van der Waals surface area contributed by atoms with Crippen molar-refractivity contribution in [1.82, 2.24) is 10.0 Å². The molecule has 1 rings (SSSR count). The van der Waals surface area contributed by atoms with Crippen molar-refractivity contribution in [2.24, 2.45) is 0 Å². The smallest absolute Gasteiger partial charge is 0.339 e. The topological polar surface area (TPSA) is 102 Å². The number of hydrogen-bond donors (Lipinski definition) is 2. The van der Waals surface area contributed by atoms with E-state index in [4.69, 9.17) is 4.74 Å². The van der Waals surface area contributed by atoms with E-state index in [2.05, 4.69) is 26.0 Å². The summed E-state index contributed by atoms with van der Waals surface area (Å²) in [5.41, 5.74) is 0.0334. The summed E-state index contributed by atoms with van der Waals surface area (Å²) in [5.74, 6) is -1.18. The number of amides is 1. The summed E-state index contributed by atoms with van der Waals surface area (Å²) in [4.78, 5) is 24.0. The Hall–Kier alpha value is -1.45. The molecule has 0 aromatic heterocycles. The maximum atomic E-state index is 12.2. The number of hydrogen-bond acceptors (Lipinski definition) is 5. The normalized spacial score (nSPS) is 12.7. The molecule has 0 spiro atoms. The molecular weight excluding hydrogens is 424 g/mol. The zero-order chi connectivity index (χ0) is 19.9. The summed E-state index contributed by atoms with van der Waals surface area (Å²) in [6, 6.07) is 3.76. The van der Waals surface area contributed by atoms with Crippen molar-refractivity contribution in [2.75, 3.05) is 6.61 Å². The average Bonchev–Trinajstić information content (AvgIpc) is 2.51. The van der Waals surface area contributed by atoms with Crippen LogP contribution in [0.2, 0.25) is 0 Å². The largest absolute Gasteiger partial charge is 0.452 e. The van der Waals surface area contributed by atoms with Crippen LogP contribution < -0.4 is 10.0 Å². The Balaban J connectivity index is 2.83. The maximum absolute atomic E-state index is 12.2. The number of benzene rings is 1. The summed E-state index contributed by atoms with van der Waals surface area (Å²) in [5, 5.41) is 2.73. The first kappa shape index (κ1) is 22.6. The molecule has 0 unspecified atom stereocenters. The van der Waals surface area contributed by atoms with Gasteiger partial charge in [-0.1, -0.05) is 13.3 Å². The van der Waals surface area contributed by atoms with Crippen LogP contribution in [-0.4, -0.2) is 39.0 Å². The zero-order valence-corrected chi connectivity index (χ0v) is 17.7. The molecule has 1 atom stereocenters. The SMILES string of the molecule is CCC[C@H](C)NC(=O)COC(=O)c1cc(S(=O)(=O)NC(C)C)ccc1Br. The van der Waals surface area contributed by atoms with E-state index in [1.165, 1.54) is 18.2 Å². The zero-order valence-electron chi connectivity index (χ0n) is 15.3. The van der Waals surface area contributed by atoms with Crippen molar-refractivity contribution >= 4 is 37.8 Å². The van der Waals surface area contributed by atoms with Gasteiger partial charge < -0.3 is 10.1 Å². The Morgan fingerprint density at radius 3 is 2.46 bits per heavy atom. The second-order valence-electron chi connectivity index (χ2n) is 6.25. The summed E-state index contributed by atoms with van der Waals surface area (Å²) in [6.07, 6.45) is 1.76. The second-order valence-corrected chi connectivity index (χ2v) is 8.82. The predicted octanol–water partition coefficient (Wildman–Crippen LogP) is 2.60. The first-order chi connectivity index (χ1) is 12.1. The van der Waals surface area contributed by atoms with Crippen LogP contribution in [0.3, 0.4) is 0 Å². The van der Waals surface area contributed by atoms with E-state index < -0.39 is 28.5 Å². The first-order valence-corrected chi connectivity index (χ1v) is 10.6. The van der Waals surface area contributed by atoms with Gasteiger partial charge in [-0.15, -0.1) is 0 Å². The van der Waals surface area contributed by atoms with Crippen LogP contribution in [0.25, 0.3) is 0 Å². The number of carbonyl (C=O) groups is 2. The number of esters is 1. The number of rotatable bonds is 9. The van der Waals surface area contributed by atoms with E-state index in [1.54, 1.807) is 13.8 Å². The van der Waals surface area contributed by atoms with Crippen LogP contribution in [0.5, 0.6) is 0 Å². The quantitative estimate of drug-likeness (QED) is 0.565. The van der Waals surface area contributed by atoms with E-state index in [0.29, 0.717) is 4.47 Å². The number of sulfonamides is 1. The molecular formula is C17H25BrN2O5S. The third-order valence-corrected chi connectivity index (χ3v) is 5.67. The molecule has 7 nitrogen and oxygen atoms in total. The highest BCUT2D eigenvalue weighted by Crippen LogP contribution is 2.22. The van der Waals surface area contributed by atoms with Crippen LogP contribution in [0, 0.1) is 0 Å². The van der Waals surface area contributed by atoms with E-state index in [1.807, 2.05) is 13.8 Å². The van der Waals surface area contributed by atoms with Gasteiger partial charge in [0.05, 0.1) is 10.5 Å². The van der Waals surface area contributed by atoms with Gasteiger partial charge in [0.25, 0.3) is 5.91 Å². The predicted molar refractivity (Wildman–Crippen MR) is 102 cm³/mol. The first-order valence-electron chi connectivity index (χ1n) is 8.35. The third-order valence-electron chi connectivity index (χ3n) is 3.32. The van der Waals surface area contributed by atoms with E-state index in [9.17, 15) is 18.0 Å². The van der Waals surface area contributed by atoms with Crippen LogP contribution in [0.15, 0.2) is 27.6 Å². The molecule has 0 saturated carbocycles. The lowest BCUT2D eigenvalue weighted by Crippen LogP contribution is -2.35. The number of nitrogens with one attached hydrogen (secondary N) is 2.